The van der Waals surface area contributed by atoms with Gasteiger partial charge in [0.25, 0.3) is 0 Å². The number of nitrogens with zero attached hydrogens (tertiary/aromatic N) is 2. The van der Waals surface area contributed by atoms with Crippen molar-refractivity contribution >= 4 is 11.8 Å². The average molecular weight is 278 g/mol. The van der Waals surface area contributed by atoms with Gasteiger partial charge in [-0.15, -0.1) is 11.8 Å². The number of thioether (sulfide) groups is 1. The normalized spacial score (nSPS) is 20.3. The Kier molecular flexibility index (Phi) is 5.71. The van der Waals surface area contributed by atoms with E-state index in [9.17, 15) is 0 Å². The van der Waals surface area contributed by atoms with Gasteiger partial charge in [0.2, 0.25) is 0 Å². The van der Waals surface area contributed by atoms with Gasteiger partial charge in [-0.25, -0.2) is 4.98 Å². The first-order chi connectivity index (χ1) is 9.20. The fraction of sp³-hybridized carbons (Fsp3) is 0.688. The molecule has 0 aromatic carbocycles. The van der Waals surface area contributed by atoms with E-state index in [0.29, 0.717) is 11.3 Å². The first-order valence-corrected chi connectivity index (χ1v) is 8.45. The van der Waals surface area contributed by atoms with Crippen molar-refractivity contribution in [1.29, 1.82) is 0 Å². The van der Waals surface area contributed by atoms with Gasteiger partial charge in [0, 0.05) is 17.5 Å². The maximum Gasteiger partial charge on any atom is 0.0962 e. The molecule has 0 radical (unpaired) electrons. The number of likely N-dealkylation sites (tertiary alicyclic amines) is 1. The van der Waals surface area contributed by atoms with Crippen molar-refractivity contribution in [2.45, 2.75) is 62.8 Å². The molecule has 1 saturated heterocycles. The van der Waals surface area contributed by atoms with Crippen molar-refractivity contribution in [3.8, 4) is 0 Å². The fourth-order valence-corrected chi connectivity index (χ4v) is 3.48. The Bertz CT molecular complexity index is 375. The molecule has 1 aliphatic rings. The molecule has 1 aromatic heterocycles. The van der Waals surface area contributed by atoms with Gasteiger partial charge in [-0.3, -0.25) is 4.90 Å². The highest BCUT2D eigenvalue weighted by Gasteiger charge is 2.25. The molecule has 1 atom stereocenters. The zero-order valence-electron chi connectivity index (χ0n) is 12.4. The van der Waals surface area contributed by atoms with Crippen molar-refractivity contribution in [2.75, 3.05) is 13.1 Å². The predicted octanol–water partition coefficient (Wildman–Crippen LogP) is 4.52. The Morgan fingerprint density at radius 2 is 2.26 bits per heavy atom. The summed E-state index contributed by atoms with van der Waals surface area (Å²) in [7, 11) is 0. The molecular formula is C16H26N2S. The highest BCUT2D eigenvalue weighted by atomic mass is 32.2. The van der Waals surface area contributed by atoms with Crippen LogP contribution in [0.1, 0.15) is 58.1 Å². The lowest BCUT2D eigenvalue weighted by atomic mass is 10.1. The van der Waals surface area contributed by atoms with Gasteiger partial charge >= 0.3 is 0 Å². The van der Waals surface area contributed by atoms with Gasteiger partial charge < -0.3 is 0 Å². The highest BCUT2D eigenvalue weighted by Crippen LogP contribution is 2.32. The van der Waals surface area contributed by atoms with Crippen LogP contribution in [0.25, 0.3) is 0 Å². The van der Waals surface area contributed by atoms with Crippen LogP contribution in [0.2, 0.25) is 0 Å². The minimum absolute atomic E-state index is 0.603. The fourth-order valence-electron chi connectivity index (χ4n) is 2.73. The summed E-state index contributed by atoms with van der Waals surface area (Å²) in [6.45, 7) is 9.19. The van der Waals surface area contributed by atoms with Crippen molar-refractivity contribution in [2.24, 2.45) is 0 Å². The largest absolute Gasteiger partial charge is 0.296 e. The van der Waals surface area contributed by atoms with E-state index in [-0.39, 0.29) is 0 Å². The van der Waals surface area contributed by atoms with E-state index >= 15 is 0 Å². The molecule has 0 bridgehead atoms. The number of aromatic nitrogens is 1. The summed E-state index contributed by atoms with van der Waals surface area (Å²) in [6, 6.07) is 5.08. The highest BCUT2D eigenvalue weighted by molar-refractivity contribution is 7.99. The van der Waals surface area contributed by atoms with Crippen LogP contribution in [0.4, 0.5) is 0 Å². The van der Waals surface area contributed by atoms with E-state index in [0.717, 1.165) is 5.03 Å². The van der Waals surface area contributed by atoms with Crippen LogP contribution in [0.5, 0.6) is 0 Å². The molecule has 0 saturated carbocycles. The molecule has 0 N–H and O–H groups in total. The number of rotatable bonds is 6. The first kappa shape index (κ1) is 14.9. The Hall–Kier alpha value is -0.540. The molecule has 3 heteroatoms. The maximum atomic E-state index is 4.61. The third-order valence-corrected chi connectivity index (χ3v) is 4.62. The lowest BCUT2D eigenvalue weighted by molar-refractivity contribution is 0.253. The Labute approximate surface area is 122 Å². The smallest absolute Gasteiger partial charge is 0.0962 e. The van der Waals surface area contributed by atoms with Crippen molar-refractivity contribution < 1.29 is 0 Å². The Morgan fingerprint density at radius 3 is 2.89 bits per heavy atom. The summed E-state index contributed by atoms with van der Waals surface area (Å²) >= 11 is 1.84. The monoisotopic (exact) mass is 278 g/mol. The Balaban J connectivity index is 2.00. The molecule has 19 heavy (non-hydrogen) atoms. The molecule has 1 aromatic rings. The number of hydrogen-bond acceptors (Lipinski definition) is 3. The molecule has 0 amide bonds. The topological polar surface area (TPSA) is 16.1 Å². The third kappa shape index (κ3) is 4.22. The zero-order chi connectivity index (χ0) is 13.7. The first-order valence-electron chi connectivity index (χ1n) is 7.57. The van der Waals surface area contributed by atoms with E-state index in [1.807, 2.05) is 11.8 Å². The van der Waals surface area contributed by atoms with Crippen molar-refractivity contribution in [3.05, 3.63) is 23.9 Å². The van der Waals surface area contributed by atoms with Crippen LogP contribution in [-0.2, 0) is 0 Å². The average Bonchev–Trinajstić information content (AvgIpc) is 2.85. The predicted molar refractivity (Wildman–Crippen MR) is 83.7 cm³/mol. The second-order valence-electron chi connectivity index (χ2n) is 5.64. The van der Waals surface area contributed by atoms with Crippen LogP contribution in [0, 0.1) is 0 Å². The lowest BCUT2D eigenvalue weighted by Crippen LogP contribution is -2.24. The summed E-state index contributed by atoms with van der Waals surface area (Å²) in [6.07, 6.45) is 7.31. The quantitative estimate of drug-likeness (QED) is 0.712. The van der Waals surface area contributed by atoms with E-state index in [4.69, 9.17) is 0 Å². The number of pyridine rings is 1. The molecule has 2 rings (SSSR count). The van der Waals surface area contributed by atoms with Gasteiger partial charge in [-0.05, 0) is 44.0 Å². The van der Waals surface area contributed by atoms with Gasteiger partial charge in [-0.2, -0.15) is 0 Å². The maximum absolute atomic E-state index is 4.61. The van der Waals surface area contributed by atoms with Crippen molar-refractivity contribution in [1.82, 2.24) is 9.88 Å². The Morgan fingerprint density at radius 1 is 1.42 bits per heavy atom. The zero-order valence-corrected chi connectivity index (χ0v) is 13.2. The van der Waals surface area contributed by atoms with Gasteiger partial charge in [0.1, 0.15) is 0 Å². The lowest BCUT2D eigenvalue weighted by Gasteiger charge is -2.24. The van der Waals surface area contributed by atoms with E-state index < -0.39 is 0 Å². The minimum Gasteiger partial charge on any atom is -0.296 e. The molecule has 0 aliphatic carbocycles. The molecular weight excluding hydrogens is 252 g/mol. The van der Waals surface area contributed by atoms with Gasteiger partial charge in [-0.1, -0.05) is 33.3 Å². The SMILES string of the molecule is CCCCN1CCCC1c1ccc(SC(C)C)nc1. The molecule has 1 aliphatic heterocycles. The van der Waals surface area contributed by atoms with Gasteiger partial charge in [0.05, 0.1) is 5.03 Å². The second-order valence-corrected chi connectivity index (χ2v) is 7.24. The third-order valence-electron chi connectivity index (χ3n) is 3.66. The van der Waals surface area contributed by atoms with E-state index in [2.05, 4.69) is 49.0 Å². The van der Waals surface area contributed by atoms with Crippen LogP contribution in [0.3, 0.4) is 0 Å². The van der Waals surface area contributed by atoms with E-state index in [1.165, 1.54) is 44.3 Å². The molecule has 2 nitrogen and oxygen atoms in total. The molecule has 2 heterocycles. The summed E-state index contributed by atoms with van der Waals surface area (Å²) in [5, 5.41) is 1.75. The summed E-state index contributed by atoms with van der Waals surface area (Å²) < 4.78 is 0. The summed E-state index contributed by atoms with van der Waals surface area (Å²) in [5.41, 5.74) is 1.40. The van der Waals surface area contributed by atoms with Crippen LogP contribution in [-0.4, -0.2) is 28.2 Å². The van der Waals surface area contributed by atoms with Gasteiger partial charge in [0.15, 0.2) is 0 Å². The summed E-state index contributed by atoms with van der Waals surface area (Å²) in [5.74, 6) is 0. The molecule has 0 spiro atoms. The molecule has 1 unspecified atom stereocenters. The van der Waals surface area contributed by atoms with Crippen LogP contribution in [0.15, 0.2) is 23.4 Å². The number of unbranched alkanes of at least 4 members (excludes halogenated alkanes) is 1. The van der Waals surface area contributed by atoms with Crippen LogP contribution < -0.4 is 0 Å². The summed E-state index contributed by atoms with van der Waals surface area (Å²) in [4.78, 5) is 7.25. The van der Waals surface area contributed by atoms with Crippen molar-refractivity contribution in [3.63, 3.8) is 0 Å². The van der Waals surface area contributed by atoms with E-state index in [1.54, 1.807) is 0 Å². The standard InChI is InChI=1S/C16H26N2S/c1-4-5-10-18-11-6-7-15(18)14-8-9-16(17-12-14)19-13(2)3/h8-9,12-13,15H,4-7,10-11H2,1-3H3. The van der Waals surface area contributed by atoms with Crippen LogP contribution >= 0.6 is 11.8 Å². The minimum atomic E-state index is 0.603. The second kappa shape index (κ2) is 7.30. The molecule has 1 fully saturated rings. The number of hydrogen-bond donors (Lipinski definition) is 0. The molecule has 106 valence electrons.